The summed E-state index contributed by atoms with van der Waals surface area (Å²) >= 11 is 0. The molecule has 86 valence electrons. The van der Waals surface area contributed by atoms with Gasteiger partial charge in [0.05, 0.1) is 0 Å². The molecule has 1 heterocycles. The summed E-state index contributed by atoms with van der Waals surface area (Å²) in [4.78, 5) is 0. The maximum absolute atomic E-state index is 5.50. The van der Waals surface area contributed by atoms with Gasteiger partial charge in [0.2, 0.25) is 11.8 Å². The third kappa shape index (κ3) is 4.93. The summed E-state index contributed by atoms with van der Waals surface area (Å²) in [6.07, 6.45) is 6.70. The fourth-order valence-corrected chi connectivity index (χ4v) is 1.43. The van der Waals surface area contributed by atoms with Crippen molar-refractivity contribution >= 4 is 0 Å². The second-order valence-electron chi connectivity index (χ2n) is 3.75. The van der Waals surface area contributed by atoms with Gasteiger partial charge in [-0.2, -0.15) is 0 Å². The normalized spacial score (nSPS) is 10.8. The number of hydrogen-bond acceptors (Lipinski definition) is 4. The Morgan fingerprint density at radius 2 is 1.80 bits per heavy atom. The van der Waals surface area contributed by atoms with E-state index in [-0.39, 0.29) is 0 Å². The summed E-state index contributed by atoms with van der Waals surface area (Å²) in [6.45, 7) is 3.10. The van der Waals surface area contributed by atoms with Gasteiger partial charge < -0.3 is 9.73 Å². The molecule has 0 radical (unpaired) electrons. The minimum absolute atomic E-state index is 0.745. The number of aromatic nitrogens is 2. The quantitative estimate of drug-likeness (QED) is 0.668. The molecule has 0 fully saturated rings. The Morgan fingerprint density at radius 3 is 2.47 bits per heavy atom. The van der Waals surface area contributed by atoms with Gasteiger partial charge in [-0.1, -0.05) is 26.2 Å². The Labute approximate surface area is 91.5 Å². The van der Waals surface area contributed by atoms with Gasteiger partial charge in [-0.3, -0.25) is 0 Å². The van der Waals surface area contributed by atoms with Crippen LogP contribution in [0.2, 0.25) is 0 Å². The number of hydrogen-bond donors (Lipinski definition) is 1. The fraction of sp³-hybridized carbons (Fsp3) is 0.818. The van der Waals surface area contributed by atoms with E-state index in [0.29, 0.717) is 0 Å². The highest BCUT2D eigenvalue weighted by Crippen LogP contribution is 2.07. The average Bonchev–Trinajstić information content (AvgIpc) is 2.69. The van der Waals surface area contributed by atoms with Crippen LogP contribution in [0.1, 0.15) is 44.4 Å². The average molecular weight is 211 g/mol. The maximum Gasteiger partial charge on any atom is 0.217 e. The first kappa shape index (κ1) is 12.2. The van der Waals surface area contributed by atoms with Crippen LogP contribution in [-0.4, -0.2) is 23.8 Å². The van der Waals surface area contributed by atoms with E-state index in [1.165, 1.54) is 19.3 Å². The van der Waals surface area contributed by atoms with Crippen LogP contribution in [0.4, 0.5) is 0 Å². The molecule has 1 rings (SSSR count). The summed E-state index contributed by atoms with van der Waals surface area (Å²) in [5, 5.41) is 11.1. The highest BCUT2D eigenvalue weighted by atomic mass is 16.4. The van der Waals surface area contributed by atoms with Gasteiger partial charge in [-0.25, -0.2) is 0 Å². The lowest BCUT2D eigenvalue weighted by Gasteiger charge is -1.95. The zero-order valence-electron chi connectivity index (χ0n) is 9.75. The molecule has 15 heavy (non-hydrogen) atoms. The van der Waals surface area contributed by atoms with E-state index in [4.69, 9.17) is 4.42 Å². The topological polar surface area (TPSA) is 51.0 Å². The molecule has 1 aromatic rings. The monoisotopic (exact) mass is 211 g/mol. The van der Waals surface area contributed by atoms with Crippen LogP contribution >= 0.6 is 0 Å². The van der Waals surface area contributed by atoms with Gasteiger partial charge in [-0.15, -0.1) is 10.2 Å². The first-order valence-electron chi connectivity index (χ1n) is 5.82. The molecule has 0 saturated heterocycles. The molecule has 4 heteroatoms. The van der Waals surface area contributed by atoms with Gasteiger partial charge >= 0.3 is 0 Å². The van der Waals surface area contributed by atoms with Crippen molar-refractivity contribution < 1.29 is 4.42 Å². The summed E-state index contributed by atoms with van der Waals surface area (Å²) < 4.78 is 5.50. The van der Waals surface area contributed by atoms with Crippen LogP contribution < -0.4 is 5.32 Å². The number of aryl methyl sites for hydroxylation is 1. The zero-order valence-corrected chi connectivity index (χ0v) is 9.75. The second kappa shape index (κ2) is 7.40. The third-order valence-corrected chi connectivity index (χ3v) is 2.34. The van der Waals surface area contributed by atoms with E-state index in [1.54, 1.807) is 0 Å². The minimum Gasteiger partial charge on any atom is -0.425 e. The number of unbranched alkanes of at least 4 members (excludes halogenated alkanes) is 3. The second-order valence-corrected chi connectivity index (χ2v) is 3.75. The largest absolute Gasteiger partial charge is 0.425 e. The summed E-state index contributed by atoms with van der Waals surface area (Å²) in [6, 6.07) is 0. The van der Waals surface area contributed by atoms with Crippen molar-refractivity contribution in [2.75, 3.05) is 13.6 Å². The highest BCUT2D eigenvalue weighted by Gasteiger charge is 2.04. The predicted molar refractivity (Wildman–Crippen MR) is 59.8 cm³/mol. The Morgan fingerprint density at radius 1 is 1.07 bits per heavy atom. The molecular weight excluding hydrogens is 190 g/mol. The van der Waals surface area contributed by atoms with Gasteiger partial charge in [0.15, 0.2) is 0 Å². The SMILES string of the molecule is CCCCCCc1nnc(CCNC)o1. The molecule has 0 bridgehead atoms. The summed E-state index contributed by atoms with van der Waals surface area (Å²) in [7, 11) is 1.92. The van der Waals surface area contributed by atoms with Crippen molar-refractivity contribution in [2.45, 2.75) is 45.4 Å². The molecule has 0 amide bonds. The summed E-state index contributed by atoms with van der Waals surface area (Å²) in [5.74, 6) is 1.53. The lowest BCUT2D eigenvalue weighted by Crippen LogP contribution is -2.10. The van der Waals surface area contributed by atoms with E-state index in [1.807, 2.05) is 7.05 Å². The molecule has 0 unspecified atom stereocenters. The van der Waals surface area contributed by atoms with Crippen LogP contribution in [0, 0.1) is 0 Å². The first-order chi connectivity index (χ1) is 7.36. The number of likely N-dealkylation sites (N-methyl/N-ethyl adjacent to an activating group) is 1. The number of nitrogens with one attached hydrogen (secondary N) is 1. The summed E-state index contributed by atoms with van der Waals surface area (Å²) in [5.41, 5.74) is 0. The molecule has 0 aromatic carbocycles. The minimum atomic E-state index is 0.745. The van der Waals surface area contributed by atoms with Crippen molar-refractivity contribution in [1.82, 2.24) is 15.5 Å². The van der Waals surface area contributed by atoms with Crippen molar-refractivity contribution in [3.8, 4) is 0 Å². The van der Waals surface area contributed by atoms with E-state index in [9.17, 15) is 0 Å². The third-order valence-electron chi connectivity index (χ3n) is 2.34. The smallest absolute Gasteiger partial charge is 0.217 e. The van der Waals surface area contributed by atoms with Crippen molar-refractivity contribution in [3.05, 3.63) is 11.8 Å². The van der Waals surface area contributed by atoms with Crippen LogP contribution in [0.5, 0.6) is 0 Å². The van der Waals surface area contributed by atoms with Crippen LogP contribution in [0.15, 0.2) is 4.42 Å². The molecule has 0 spiro atoms. The van der Waals surface area contributed by atoms with E-state index in [2.05, 4.69) is 22.4 Å². The molecule has 0 saturated carbocycles. The maximum atomic E-state index is 5.50. The lowest BCUT2D eigenvalue weighted by molar-refractivity contribution is 0.438. The lowest BCUT2D eigenvalue weighted by atomic mass is 10.1. The van der Waals surface area contributed by atoms with Crippen LogP contribution in [0.25, 0.3) is 0 Å². The van der Waals surface area contributed by atoms with Gasteiger partial charge in [0.25, 0.3) is 0 Å². The van der Waals surface area contributed by atoms with Crippen molar-refractivity contribution in [2.24, 2.45) is 0 Å². The molecular formula is C11H21N3O. The Kier molecular flexibility index (Phi) is 6.00. The van der Waals surface area contributed by atoms with Gasteiger partial charge in [0.1, 0.15) is 0 Å². The molecule has 0 aliphatic rings. The zero-order chi connectivity index (χ0) is 10.9. The Balaban J connectivity index is 2.20. The van der Waals surface area contributed by atoms with Crippen molar-refractivity contribution in [3.63, 3.8) is 0 Å². The molecule has 0 aliphatic heterocycles. The number of rotatable bonds is 8. The van der Waals surface area contributed by atoms with E-state index in [0.717, 1.165) is 37.6 Å². The van der Waals surface area contributed by atoms with E-state index >= 15 is 0 Å². The Bertz CT molecular complexity index is 260. The molecule has 1 aromatic heterocycles. The number of nitrogens with zero attached hydrogens (tertiary/aromatic N) is 2. The molecule has 0 aliphatic carbocycles. The Hall–Kier alpha value is -0.900. The van der Waals surface area contributed by atoms with Gasteiger partial charge in [0, 0.05) is 19.4 Å². The predicted octanol–water partition coefficient (Wildman–Crippen LogP) is 1.95. The first-order valence-corrected chi connectivity index (χ1v) is 5.82. The standard InChI is InChI=1S/C11H21N3O/c1-3-4-5-6-7-10-13-14-11(15-10)8-9-12-2/h12H,3-9H2,1-2H3. The fourth-order valence-electron chi connectivity index (χ4n) is 1.43. The molecule has 1 N–H and O–H groups in total. The molecule has 4 nitrogen and oxygen atoms in total. The highest BCUT2D eigenvalue weighted by molar-refractivity contribution is 4.82. The van der Waals surface area contributed by atoms with Crippen LogP contribution in [0.3, 0.4) is 0 Å². The van der Waals surface area contributed by atoms with Crippen molar-refractivity contribution in [1.29, 1.82) is 0 Å². The van der Waals surface area contributed by atoms with Crippen LogP contribution in [-0.2, 0) is 12.8 Å². The molecule has 0 atom stereocenters. The van der Waals surface area contributed by atoms with E-state index < -0.39 is 0 Å². The van der Waals surface area contributed by atoms with Gasteiger partial charge in [-0.05, 0) is 13.5 Å².